The molecule has 1 saturated carbocycles. The number of fused-ring (bicyclic) bond motifs is 1. The average molecular weight is 334 g/mol. The van der Waals surface area contributed by atoms with E-state index < -0.39 is 6.10 Å². The second-order valence-electron chi connectivity index (χ2n) is 7.15. The molecule has 3 N–H and O–H groups in total. The van der Waals surface area contributed by atoms with Gasteiger partial charge in [-0.2, -0.15) is 0 Å². The Labute approximate surface area is 142 Å². The quantitative estimate of drug-likeness (QED) is 0.864. The Hall–Kier alpha value is -1.73. The molecule has 0 unspecified atom stereocenters. The summed E-state index contributed by atoms with van der Waals surface area (Å²) in [5.41, 5.74) is 6.50. The number of nitrogens with two attached hydrogens (primary N) is 1. The normalized spacial score (nSPS) is 29.8. The Morgan fingerprint density at radius 3 is 2.88 bits per heavy atom. The Morgan fingerprint density at radius 1 is 1.46 bits per heavy atom. The van der Waals surface area contributed by atoms with Crippen LogP contribution in [0.3, 0.4) is 0 Å². The van der Waals surface area contributed by atoms with Crippen molar-refractivity contribution in [2.75, 3.05) is 19.4 Å². The zero-order valence-corrected chi connectivity index (χ0v) is 14.5. The molecular weight excluding hydrogens is 308 g/mol. The van der Waals surface area contributed by atoms with Gasteiger partial charge in [0.25, 0.3) is 5.91 Å². The number of carbonyl (C=O) groups excluding carboxylic acids is 1. The molecule has 1 aliphatic carbocycles. The lowest BCUT2D eigenvalue weighted by molar-refractivity contribution is -0.0824. The third-order valence-electron chi connectivity index (χ3n) is 5.40. The Kier molecular flexibility index (Phi) is 4.48. The molecule has 7 nitrogen and oxygen atoms in total. The zero-order chi connectivity index (χ0) is 17.5. The van der Waals surface area contributed by atoms with Crippen LogP contribution in [0.15, 0.2) is 6.07 Å². The number of nitrogens with zero attached hydrogens (tertiary/aromatic N) is 3. The van der Waals surface area contributed by atoms with Crippen LogP contribution in [0.2, 0.25) is 0 Å². The van der Waals surface area contributed by atoms with Gasteiger partial charge in [0, 0.05) is 19.3 Å². The number of hydrogen-bond acceptors (Lipinski definition) is 6. The van der Waals surface area contributed by atoms with Crippen LogP contribution in [0.5, 0.6) is 0 Å². The maximum atomic E-state index is 13.0. The van der Waals surface area contributed by atoms with Gasteiger partial charge in [-0.15, -0.1) is 0 Å². The van der Waals surface area contributed by atoms with Crippen molar-refractivity contribution in [2.24, 2.45) is 0 Å². The van der Waals surface area contributed by atoms with Crippen molar-refractivity contribution in [3.63, 3.8) is 0 Å². The molecule has 0 spiro atoms. The zero-order valence-electron chi connectivity index (χ0n) is 14.5. The van der Waals surface area contributed by atoms with Crippen LogP contribution in [0.1, 0.15) is 61.6 Å². The summed E-state index contributed by atoms with van der Waals surface area (Å²) in [5, 5.41) is 10.1. The lowest BCUT2D eigenvalue weighted by Gasteiger charge is -2.42. The van der Waals surface area contributed by atoms with Gasteiger partial charge in [0.15, 0.2) is 0 Å². The van der Waals surface area contributed by atoms with E-state index in [2.05, 4.69) is 9.97 Å². The fourth-order valence-corrected chi connectivity index (χ4v) is 3.96. The van der Waals surface area contributed by atoms with Gasteiger partial charge in [-0.1, -0.05) is 13.8 Å². The summed E-state index contributed by atoms with van der Waals surface area (Å²) in [5.74, 6) is 0.115. The van der Waals surface area contributed by atoms with Crippen LogP contribution in [0.25, 0.3) is 0 Å². The molecule has 1 aliphatic heterocycles. The third kappa shape index (κ3) is 2.86. The van der Waals surface area contributed by atoms with Gasteiger partial charge in [0.2, 0.25) is 5.95 Å². The number of ether oxygens (including phenoxy) is 1. The van der Waals surface area contributed by atoms with E-state index in [1.54, 1.807) is 18.1 Å². The largest absolute Gasteiger partial charge is 0.393 e. The predicted molar refractivity (Wildman–Crippen MR) is 89.6 cm³/mol. The van der Waals surface area contributed by atoms with Gasteiger partial charge >= 0.3 is 0 Å². The van der Waals surface area contributed by atoms with Gasteiger partial charge in [-0.05, 0) is 37.7 Å². The van der Waals surface area contributed by atoms with E-state index in [4.69, 9.17) is 10.5 Å². The molecule has 2 heterocycles. The molecule has 3 atom stereocenters. The number of hydrogen-bond donors (Lipinski definition) is 2. The van der Waals surface area contributed by atoms with Crippen molar-refractivity contribution in [1.82, 2.24) is 14.9 Å². The van der Waals surface area contributed by atoms with Crippen LogP contribution in [-0.4, -0.2) is 57.3 Å². The standard InChI is InChI=1S/C17H26N4O3/c1-10(2)12-9-13(20-16(18)19-12)15(23)21-7-6-17(24-3)5-4-11(22)8-14(17)21/h9-11,14,22H,4-8H2,1-3H3,(H2,18,19,20)/t11-,14+,17-/m1/s1. The first-order valence-electron chi connectivity index (χ1n) is 8.55. The minimum absolute atomic E-state index is 0.116. The van der Waals surface area contributed by atoms with Crippen LogP contribution >= 0.6 is 0 Å². The highest BCUT2D eigenvalue weighted by Gasteiger charge is 2.52. The van der Waals surface area contributed by atoms with Crippen molar-refractivity contribution in [1.29, 1.82) is 0 Å². The molecule has 1 saturated heterocycles. The number of methoxy groups -OCH3 is 1. The predicted octanol–water partition coefficient (Wildman–Crippen LogP) is 1.33. The maximum absolute atomic E-state index is 13.0. The minimum Gasteiger partial charge on any atom is -0.393 e. The van der Waals surface area contributed by atoms with E-state index in [9.17, 15) is 9.90 Å². The lowest BCUT2D eigenvalue weighted by atomic mass is 9.79. The molecule has 0 aromatic carbocycles. The molecular formula is C17H26N4O3. The molecule has 0 bridgehead atoms. The topological polar surface area (TPSA) is 102 Å². The molecule has 2 aliphatic rings. The van der Waals surface area contributed by atoms with Crippen molar-refractivity contribution in [2.45, 2.75) is 63.2 Å². The van der Waals surface area contributed by atoms with E-state index in [1.165, 1.54) is 0 Å². The molecule has 1 amide bonds. The summed E-state index contributed by atoms with van der Waals surface area (Å²) in [7, 11) is 1.69. The molecule has 1 aromatic heterocycles. The highest BCUT2D eigenvalue weighted by Crippen LogP contribution is 2.42. The summed E-state index contributed by atoms with van der Waals surface area (Å²) >= 11 is 0. The van der Waals surface area contributed by atoms with Crippen molar-refractivity contribution in [3.05, 3.63) is 17.5 Å². The summed E-state index contributed by atoms with van der Waals surface area (Å²) in [4.78, 5) is 23.2. The number of nitrogen functional groups attached to an aromatic ring is 1. The number of likely N-dealkylation sites (tertiary alicyclic amines) is 1. The molecule has 7 heteroatoms. The van der Waals surface area contributed by atoms with Crippen LogP contribution in [0, 0.1) is 0 Å². The molecule has 0 radical (unpaired) electrons. The first-order chi connectivity index (χ1) is 11.4. The highest BCUT2D eigenvalue weighted by atomic mass is 16.5. The molecule has 1 aromatic rings. The summed E-state index contributed by atoms with van der Waals surface area (Å²) in [6, 6.07) is 1.59. The Bertz CT molecular complexity index is 636. The first-order valence-corrected chi connectivity index (χ1v) is 8.55. The molecule has 3 rings (SSSR count). The van der Waals surface area contributed by atoms with Gasteiger partial charge in [-0.3, -0.25) is 4.79 Å². The maximum Gasteiger partial charge on any atom is 0.273 e. The fourth-order valence-electron chi connectivity index (χ4n) is 3.96. The monoisotopic (exact) mass is 334 g/mol. The second-order valence-corrected chi connectivity index (χ2v) is 7.15. The van der Waals surface area contributed by atoms with Crippen LogP contribution in [-0.2, 0) is 4.74 Å². The van der Waals surface area contributed by atoms with E-state index in [-0.39, 0.29) is 29.4 Å². The number of amides is 1. The summed E-state index contributed by atoms with van der Waals surface area (Å²) < 4.78 is 5.79. The number of rotatable bonds is 3. The van der Waals surface area contributed by atoms with Gasteiger partial charge < -0.3 is 20.5 Å². The number of aliphatic hydroxyl groups is 1. The first kappa shape index (κ1) is 17.1. The molecule has 2 fully saturated rings. The average Bonchev–Trinajstić information content (AvgIpc) is 2.92. The van der Waals surface area contributed by atoms with Crippen LogP contribution in [0.4, 0.5) is 5.95 Å². The fraction of sp³-hybridized carbons (Fsp3) is 0.706. The SMILES string of the molecule is CO[C@@]12CC[C@@H](O)C[C@@H]1N(C(=O)c1cc(C(C)C)nc(N)n1)CC2. The summed E-state index contributed by atoms with van der Waals surface area (Å²) in [6.07, 6.45) is 2.40. The summed E-state index contributed by atoms with van der Waals surface area (Å²) in [6.45, 7) is 4.60. The van der Waals surface area contributed by atoms with E-state index >= 15 is 0 Å². The van der Waals surface area contributed by atoms with Crippen LogP contribution < -0.4 is 5.73 Å². The Morgan fingerprint density at radius 2 is 2.21 bits per heavy atom. The molecule has 132 valence electrons. The second kappa shape index (κ2) is 6.29. The van der Waals surface area contributed by atoms with Gasteiger partial charge in [0.05, 0.1) is 17.7 Å². The van der Waals surface area contributed by atoms with Gasteiger partial charge in [-0.25, -0.2) is 9.97 Å². The van der Waals surface area contributed by atoms with E-state index in [0.29, 0.717) is 25.1 Å². The van der Waals surface area contributed by atoms with E-state index in [1.807, 2.05) is 13.8 Å². The number of aliphatic hydroxyl groups excluding tert-OH is 1. The number of aromatic nitrogens is 2. The minimum atomic E-state index is -0.395. The van der Waals surface area contributed by atoms with Crippen molar-refractivity contribution < 1.29 is 14.6 Å². The van der Waals surface area contributed by atoms with E-state index in [0.717, 1.165) is 18.5 Å². The number of anilines is 1. The smallest absolute Gasteiger partial charge is 0.273 e. The molecule has 24 heavy (non-hydrogen) atoms. The number of carbonyl (C=O) groups is 1. The Balaban J connectivity index is 1.90. The van der Waals surface area contributed by atoms with Crippen molar-refractivity contribution in [3.8, 4) is 0 Å². The highest BCUT2D eigenvalue weighted by molar-refractivity contribution is 5.93. The lowest BCUT2D eigenvalue weighted by Crippen LogP contribution is -2.52. The third-order valence-corrected chi connectivity index (χ3v) is 5.40. The van der Waals surface area contributed by atoms with Crippen molar-refractivity contribution >= 4 is 11.9 Å². The van der Waals surface area contributed by atoms with Gasteiger partial charge in [0.1, 0.15) is 5.69 Å².